The SMILES string of the molecule is COc1cc(CN2C[C@H]3CNC[C@H]3C2)ccc1Cn1ncc2nc(N)nc(NCC3CC4(C3)CC4(F)F)c21. The van der Waals surface area contributed by atoms with Crippen LogP contribution in [0.15, 0.2) is 24.4 Å². The normalized spacial score (nSPS) is 29.5. The Labute approximate surface area is 220 Å². The Morgan fingerprint density at radius 3 is 2.63 bits per heavy atom. The quantitative estimate of drug-likeness (QED) is 0.413. The van der Waals surface area contributed by atoms with Crippen LogP contribution in [0.25, 0.3) is 11.0 Å². The molecule has 3 aromatic rings. The lowest BCUT2D eigenvalue weighted by Gasteiger charge is -2.36. The minimum atomic E-state index is -2.48. The van der Waals surface area contributed by atoms with Crippen LogP contribution in [0.5, 0.6) is 5.75 Å². The second-order valence-corrected chi connectivity index (χ2v) is 11.8. The van der Waals surface area contributed by atoms with Crippen molar-refractivity contribution in [1.29, 1.82) is 0 Å². The molecule has 11 heteroatoms. The maximum Gasteiger partial charge on any atom is 0.254 e. The number of aromatic nitrogens is 4. The van der Waals surface area contributed by atoms with Crippen LogP contribution in [0.1, 0.15) is 30.4 Å². The third-order valence-electron chi connectivity index (χ3n) is 9.18. The van der Waals surface area contributed by atoms with Crippen molar-refractivity contribution in [1.82, 2.24) is 30.0 Å². The Kier molecular flexibility index (Phi) is 5.52. The summed E-state index contributed by atoms with van der Waals surface area (Å²) in [6, 6.07) is 6.40. The van der Waals surface area contributed by atoms with Gasteiger partial charge in [0.25, 0.3) is 5.92 Å². The van der Waals surface area contributed by atoms with E-state index in [1.54, 1.807) is 13.3 Å². The second kappa shape index (κ2) is 8.74. The lowest BCUT2D eigenvalue weighted by molar-refractivity contribution is 0.00528. The smallest absolute Gasteiger partial charge is 0.254 e. The minimum Gasteiger partial charge on any atom is -0.496 e. The van der Waals surface area contributed by atoms with Crippen molar-refractivity contribution in [2.45, 2.75) is 38.3 Å². The molecule has 4 fully saturated rings. The average Bonchev–Trinajstić information content (AvgIpc) is 3.27. The van der Waals surface area contributed by atoms with Gasteiger partial charge in [-0.1, -0.05) is 12.1 Å². The van der Waals surface area contributed by atoms with Crippen molar-refractivity contribution in [2.24, 2.45) is 23.2 Å². The van der Waals surface area contributed by atoms with E-state index in [0.717, 1.165) is 61.4 Å². The fraction of sp³-hybridized carbons (Fsp3) is 0.593. The number of hydrogen-bond acceptors (Lipinski definition) is 8. The van der Waals surface area contributed by atoms with Crippen molar-refractivity contribution in [3.63, 3.8) is 0 Å². The fourth-order valence-electron chi connectivity index (χ4n) is 7.03. The Balaban J connectivity index is 1.07. The molecule has 4 N–H and O–H groups in total. The summed E-state index contributed by atoms with van der Waals surface area (Å²) in [6.45, 7) is 6.52. The molecule has 7 rings (SSSR count). The van der Waals surface area contributed by atoms with E-state index in [0.29, 0.717) is 37.3 Å². The van der Waals surface area contributed by atoms with Crippen molar-refractivity contribution in [3.05, 3.63) is 35.5 Å². The number of benzene rings is 1. The molecule has 1 spiro atoms. The number of nitrogens with two attached hydrogens (primary N) is 1. The number of hydrogen-bond donors (Lipinski definition) is 3. The molecule has 2 saturated heterocycles. The Morgan fingerprint density at radius 2 is 1.92 bits per heavy atom. The number of methoxy groups -OCH3 is 1. The predicted octanol–water partition coefficient (Wildman–Crippen LogP) is 2.96. The fourth-order valence-corrected chi connectivity index (χ4v) is 7.03. The lowest BCUT2D eigenvalue weighted by atomic mass is 9.71. The van der Waals surface area contributed by atoms with Crippen LogP contribution in [0, 0.1) is 23.2 Å². The molecule has 9 nitrogen and oxygen atoms in total. The standard InChI is InChI=1S/C27H34F2N8O/c1-38-22-4-16(11-36-12-19-8-31-9-20(19)13-36)2-3-18(22)14-37-23-21(10-33-37)34-25(30)35-24(23)32-7-17-5-26(6-17)15-27(26,28)29/h2-4,10,17,19-20,31H,5-9,11-15H2,1H3,(H3,30,32,34,35)/t17?,19-,20+,26?. The highest BCUT2D eigenvalue weighted by atomic mass is 19.3. The maximum absolute atomic E-state index is 13.6. The van der Waals surface area contributed by atoms with Gasteiger partial charge >= 0.3 is 0 Å². The van der Waals surface area contributed by atoms with E-state index in [-0.39, 0.29) is 18.3 Å². The first-order valence-corrected chi connectivity index (χ1v) is 13.5. The van der Waals surface area contributed by atoms with Gasteiger partial charge in [0.15, 0.2) is 5.82 Å². The first-order valence-electron chi connectivity index (χ1n) is 13.5. The van der Waals surface area contributed by atoms with Gasteiger partial charge < -0.3 is 21.1 Å². The second-order valence-electron chi connectivity index (χ2n) is 11.8. The third-order valence-corrected chi connectivity index (χ3v) is 9.18. The van der Waals surface area contributed by atoms with Gasteiger partial charge in [-0.15, -0.1) is 0 Å². The molecule has 4 heterocycles. The highest BCUT2D eigenvalue weighted by Gasteiger charge is 2.75. The summed E-state index contributed by atoms with van der Waals surface area (Å²) < 4.78 is 34.8. The monoisotopic (exact) mass is 524 g/mol. The van der Waals surface area contributed by atoms with Crippen LogP contribution in [0.2, 0.25) is 0 Å². The Hall–Kier alpha value is -3.05. The third kappa shape index (κ3) is 4.07. The minimum absolute atomic E-state index is 0.0329. The maximum atomic E-state index is 13.6. The first-order chi connectivity index (χ1) is 18.3. The van der Waals surface area contributed by atoms with Crippen LogP contribution in [-0.4, -0.2) is 70.4 Å². The molecule has 2 aromatic heterocycles. The molecular weight excluding hydrogens is 490 g/mol. The summed E-state index contributed by atoms with van der Waals surface area (Å²) in [4.78, 5) is 11.3. The zero-order chi connectivity index (χ0) is 26.1. The van der Waals surface area contributed by atoms with Crippen molar-refractivity contribution in [2.75, 3.05) is 50.9 Å². The van der Waals surface area contributed by atoms with E-state index in [9.17, 15) is 8.78 Å². The van der Waals surface area contributed by atoms with Gasteiger partial charge in [0.05, 0.1) is 19.9 Å². The first kappa shape index (κ1) is 24.0. The van der Waals surface area contributed by atoms with Crippen molar-refractivity contribution in [3.8, 4) is 5.75 Å². The summed E-state index contributed by atoms with van der Waals surface area (Å²) in [6.07, 6.45) is 2.82. The van der Waals surface area contributed by atoms with Crippen LogP contribution < -0.4 is 21.1 Å². The van der Waals surface area contributed by atoms with E-state index in [1.165, 1.54) is 5.56 Å². The number of nitrogens with zero attached hydrogens (tertiary/aromatic N) is 5. The summed E-state index contributed by atoms with van der Waals surface area (Å²) in [5.41, 5.74) is 8.85. The van der Waals surface area contributed by atoms with E-state index < -0.39 is 11.3 Å². The molecule has 0 radical (unpaired) electrons. The molecule has 202 valence electrons. The van der Waals surface area contributed by atoms with Gasteiger partial charge in [0.2, 0.25) is 5.95 Å². The summed E-state index contributed by atoms with van der Waals surface area (Å²) in [7, 11) is 1.70. The molecule has 0 bridgehead atoms. The molecule has 4 aliphatic rings. The lowest BCUT2D eigenvalue weighted by Crippen LogP contribution is -2.34. The number of alkyl halides is 2. The number of anilines is 2. The van der Waals surface area contributed by atoms with Crippen LogP contribution in [0.3, 0.4) is 0 Å². The molecule has 2 aliphatic heterocycles. The summed E-state index contributed by atoms with van der Waals surface area (Å²) in [5, 5.41) is 11.4. The van der Waals surface area contributed by atoms with E-state index in [1.807, 2.05) is 4.68 Å². The number of rotatable bonds is 8. The van der Waals surface area contributed by atoms with Gasteiger partial charge in [-0.2, -0.15) is 10.1 Å². The van der Waals surface area contributed by atoms with Gasteiger partial charge in [0, 0.05) is 43.6 Å². The highest BCUT2D eigenvalue weighted by Crippen LogP contribution is 2.72. The largest absolute Gasteiger partial charge is 0.496 e. The Morgan fingerprint density at radius 1 is 1.16 bits per heavy atom. The topological polar surface area (TPSA) is 106 Å². The van der Waals surface area contributed by atoms with E-state index >= 15 is 0 Å². The summed E-state index contributed by atoms with van der Waals surface area (Å²) >= 11 is 0. The molecule has 1 aromatic carbocycles. The van der Waals surface area contributed by atoms with Crippen molar-refractivity contribution >= 4 is 22.8 Å². The number of nitrogens with one attached hydrogen (secondary N) is 2. The molecule has 2 saturated carbocycles. The number of likely N-dealkylation sites (tertiary alicyclic amines) is 1. The molecule has 0 unspecified atom stereocenters. The van der Waals surface area contributed by atoms with E-state index in [2.05, 4.69) is 48.8 Å². The highest BCUT2D eigenvalue weighted by molar-refractivity contribution is 5.86. The molecule has 38 heavy (non-hydrogen) atoms. The number of halogens is 2. The number of ether oxygens (including phenoxy) is 1. The average molecular weight is 525 g/mol. The van der Waals surface area contributed by atoms with Gasteiger partial charge in [0.1, 0.15) is 16.8 Å². The van der Waals surface area contributed by atoms with Gasteiger partial charge in [-0.25, -0.2) is 13.8 Å². The summed E-state index contributed by atoms with van der Waals surface area (Å²) in [5.74, 6) is 0.814. The van der Waals surface area contributed by atoms with Crippen molar-refractivity contribution < 1.29 is 13.5 Å². The zero-order valence-corrected chi connectivity index (χ0v) is 21.6. The predicted molar refractivity (Wildman–Crippen MR) is 140 cm³/mol. The molecule has 2 aliphatic carbocycles. The van der Waals surface area contributed by atoms with E-state index in [4.69, 9.17) is 10.5 Å². The number of fused-ring (bicyclic) bond motifs is 2. The molecule has 0 amide bonds. The van der Waals surface area contributed by atoms with Crippen LogP contribution in [0.4, 0.5) is 20.5 Å². The number of nitrogen functional groups attached to an aromatic ring is 1. The van der Waals surface area contributed by atoms with Crippen LogP contribution in [-0.2, 0) is 13.1 Å². The van der Waals surface area contributed by atoms with Gasteiger partial charge in [-0.3, -0.25) is 9.58 Å². The zero-order valence-electron chi connectivity index (χ0n) is 21.6. The molecular formula is C27H34F2N8O. The van der Waals surface area contributed by atoms with Crippen LogP contribution >= 0.6 is 0 Å². The Bertz CT molecular complexity index is 1360. The van der Waals surface area contributed by atoms with Gasteiger partial charge in [-0.05, 0) is 55.3 Å². The molecule has 2 atom stereocenters.